The van der Waals surface area contributed by atoms with Gasteiger partial charge in [0.15, 0.2) is 0 Å². The maximum absolute atomic E-state index is 12.9. The maximum Gasteiger partial charge on any atom is 0.123 e. The van der Waals surface area contributed by atoms with Gasteiger partial charge in [-0.25, -0.2) is 4.39 Å². The quantitative estimate of drug-likeness (QED) is 0.882. The maximum atomic E-state index is 12.9. The highest BCUT2D eigenvalue weighted by Gasteiger charge is 2.31. The first kappa shape index (κ1) is 14.2. The lowest BCUT2D eigenvalue weighted by Crippen LogP contribution is -2.43. The summed E-state index contributed by atoms with van der Waals surface area (Å²) in [5.41, 5.74) is 2.32. The SMILES string of the molecule is OCC(NC1CC(c2ccc(F)cc2)C1)c1ccccc1. The van der Waals surface area contributed by atoms with E-state index in [0.717, 1.165) is 18.4 Å². The lowest BCUT2D eigenvalue weighted by molar-refractivity contribution is 0.197. The van der Waals surface area contributed by atoms with Gasteiger partial charge in [0.2, 0.25) is 0 Å². The molecule has 0 radical (unpaired) electrons. The minimum atomic E-state index is -0.183. The standard InChI is InChI=1S/C18H20FNO/c19-16-8-6-13(7-9-16)15-10-17(11-15)20-18(12-21)14-4-2-1-3-5-14/h1-9,15,17-18,20-21H,10-12H2. The molecule has 0 spiro atoms. The number of rotatable bonds is 5. The number of benzene rings is 2. The van der Waals surface area contributed by atoms with Gasteiger partial charge in [0.05, 0.1) is 12.6 Å². The molecule has 1 saturated carbocycles. The van der Waals surface area contributed by atoms with E-state index in [1.165, 1.54) is 17.7 Å². The van der Waals surface area contributed by atoms with Gasteiger partial charge in [-0.15, -0.1) is 0 Å². The Morgan fingerprint density at radius 1 is 1.05 bits per heavy atom. The van der Waals surface area contributed by atoms with Crippen LogP contribution in [0, 0.1) is 5.82 Å². The van der Waals surface area contributed by atoms with Crippen molar-refractivity contribution in [1.29, 1.82) is 0 Å². The van der Waals surface area contributed by atoms with Gasteiger partial charge in [0.25, 0.3) is 0 Å². The molecular formula is C18H20FNO. The molecule has 3 rings (SSSR count). The third-order valence-corrected chi connectivity index (χ3v) is 4.30. The molecule has 0 heterocycles. The smallest absolute Gasteiger partial charge is 0.123 e. The van der Waals surface area contributed by atoms with Gasteiger partial charge in [-0.05, 0) is 42.0 Å². The Morgan fingerprint density at radius 3 is 2.33 bits per heavy atom. The molecule has 21 heavy (non-hydrogen) atoms. The predicted octanol–water partition coefficient (Wildman–Crippen LogP) is 3.39. The zero-order chi connectivity index (χ0) is 14.7. The zero-order valence-corrected chi connectivity index (χ0v) is 11.9. The molecular weight excluding hydrogens is 265 g/mol. The van der Waals surface area contributed by atoms with Crippen LogP contribution in [-0.2, 0) is 0 Å². The van der Waals surface area contributed by atoms with Crippen molar-refractivity contribution in [2.45, 2.75) is 30.8 Å². The molecule has 0 aliphatic heterocycles. The number of aliphatic hydroxyl groups is 1. The third kappa shape index (κ3) is 3.31. The fourth-order valence-electron chi connectivity index (χ4n) is 2.99. The summed E-state index contributed by atoms with van der Waals surface area (Å²) in [6.07, 6.45) is 2.07. The van der Waals surface area contributed by atoms with Gasteiger partial charge < -0.3 is 10.4 Å². The molecule has 2 N–H and O–H groups in total. The largest absolute Gasteiger partial charge is 0.394 e. The van der Waals surface area contributed by atoms with Crippen molar-refractivity contribution in [3.8, 4) is 0 Å². The number of aliphatic hydroxyl groups excluding tert-OH is 1. The summed E-state index contributed by atoms with van der Waals surface area (Å²) in [5, 5.41) is 13.1. The van der Waals surface area contributed by atoms with Crippen molar-refractivity contribution in [2.75, 3.05) is 6.61 Å². The van der Waals surface area contributed by atoms with Crippen molar-refractivity contribution < 1.29 is 9.50 Å². The van der Waals surface area contributed by atoms with E-state index in [0.29, 0.717) is 12.0 Å². The fraction of sp³-hybridized carbons (Fsp3) is 0.333. The van der Waals surface area contributed by atoms with Crippen LogP contribution in [-0.4, -0.2) is 17.8 Å². The van der Waals surface area contributed by atoms with E-state index in [9.17, 15) is 9.50 Å². The second-order valence-corrected chi connectivity index (χ2v) is 5.73. The molecule has 0 bridgehead atoms. The van der Waals surface area contributed by atoms with Crippen molar-refractivity contribution in [3.63, 3.8) is 0 Å². The molecule has 2 nitrogen and oxygen atoms in total. The van der Waals surface area contributed by atoms with E-state index in [4.69, 9.17) is 0 Å². The first-order valence-electron chi connectivity index (χ1n) is 7.43. The first-order chi connectivity index (χ1) is 10.3. The number of hydrogen-bond donors (Lipinski definition) is 2. The van der Waals surface area contributed by atoms with Gasteiger partial charge in [0, 0.05) is 6.04 Å². The molecule has 1 aliphatic rings. The summed E-state index contributed by atoms with van der Waals surface area (Å²) in [6.45, 7) is 0.0989. The summed E-state index contributed by atoms with van der Waals surface area (Å²) in [5.74, 6) is 0.315. The molecule has 1 aliphatic carbocycles. The monoisotopic (exact) mass is 285 g/mol. The Morgan fingerprint density at radius 2 is 1.71 bits per heavy atom. The van der Waals surface area contributed by atoms with Crippen LogP contribution in [0.15, 0.2) is 54.6 Å². The molecule has 110 valence electrons. The van der Waals surface area contributed by atoms with Gasteiger partial charge in [-0.2, -0.15) is 0 Å². The predicted molar refractivity (Wildman–Crippen MR) is 81.6 cm³/mol. The molecule has 2 aromatic rings. The highest BCUT2D eigenvalue weighted by Crippen LogP contribution is 2.37. The highest BCUT2D eigenvalue weighted by molar-refractivity contribution is 5.24. The van der Waals surface area contributed by atoms with Gasteiger partial charge >= 0.3 is 0 Å². The van der Waals surface area contributed by atoms with Gasteiger partial charge in [0.1, 0.15) is 5.82 Å². The van der Waals surface area contributed by atoms with Crippen LogP contribution in [0.2, 0.25) is 0 Å². The number of nitrogens with one attached hydrogen (secondary N) is 1. The van der Waals surface area contributed by atoms with E-state index in [1.807, 2.05) is 42.5 Å². The summed E-state index contributed by atoms with van der Waals surface area (Å²) < 4.78 is 12.9. The van der Waals surface area contributed by atoms with Crippen LogP contribution < -0.4 is 5.32 Å². The number of hydrogen-bond acceptors (Lipinski definition) is 2. The average molecular weight is 285 g/mol. The van der Waals surface area contributed by atoms with E-state index in [-0.39, 0.29) is 18.5 Å². The lowest BCUT2D eigenvalue weighted by Gasteiger charge is -2.38. The molecule has 0 saturated heterocycles. The molecule has 0 aromatic heterocycles. The Bertz CT molecular complexity index is 564. The molecule has 2 aromatic carbocycles. The average Bonchev–Trinajstić information content (AvgIpc) is 2.49. The molecule has 1 fully saturated rings. The van der Waals surface area contributed by atoms with E-state index < -0.39 is 0 Å². The summed E-state index contributed by atoms with van der Waals surface area (Å²) in [4.78, 5) is 0. The summed E-state index contributed by atoms with van der Waals surface area (Å²) in [7, 11) is 0. The number of halogens is 1. The Kier molecular flexibility index (Phi) is 4.32. The van der Waals surface area contributed by atoms with Crippen molar-refractivity contribution >= 4 is 0 Å². The van der Waals surface area contributed by atoms with Crippen LogP contribution in [0.3, 0.4) is 0 Å². The van der Waals surface area contributed by atoms with Crippen LogP contribution in [0.5, 0.6) is 0 Å². The minimum absolute atomic E-state index is 0.00892. The lowest BCUT2D eigenvalue weighted by atomic mass is 9.75. The molecule has 1 unspecified atom stereocenters. The van der Waals surface area contributed by atoms with E-state index >= 15 is 0 Å². The zero-order valence-electron chi connectivity index (χ0n) is 11.9. The van der Waals surface area contributed by atoms with E-state index in [1.54, 1.807) is 0 Å². The van der Waals surface area contributed by atoms with Crippen molar-refractivity contribution in [2.24, 2.45) is 0 Å². The van der Waals surface area contributed by atoms with Crippen LogP contribution in [0.4, 0.5) is 4.39 Å². The Hall–Kier alpha value is -1.71. The van der Waals surface area contributed by atoms with E-state index in [2.05, 4.69) is 5.32 Å². The van der Waals surface area contributed by atoms with Crippen molar-refractivity contribution in [1.82, 2.24) is 5.32 Å². The second-order valence-electron chi connectivity index (χ2n) is 5.73. The van der Waals surface area contributed by atoms with Crippen LogP contribution >= 0.6 is 0 Å². The third-order valence-electron chi connectivity index (χ3n) is 4.30. The Labute approximate surface area is 124 Å². The van der Waals surface area contributed by atoms with Crippen molar-refractivity contribution in [3.05, 3.63) is 71.5 Å². The minimum Gasteiger partial charge on any atom is -0.394 e. The Balaban J connectivity index is 1.55. The summed E-state index contributed by atoms with van der Waals surface area (Å²) >= 11 is 0. The van der Waals surface area contributed by atoms with Crippen LogP contribution in [0.1, 0.15) is 35.9 Å². The normalized spacial score (nSPS) is 22.6. The first-order valence-corrected chi connectivity index (χ1v) is 7.43. The molecule has 3 heteroatoms. The second kappa shape index (κ2) is 6.37. The van der Waals surface area contributed by atoms with Gasteiger partial charge in [-0.3, -0.25) is 0 Å². The van der Waals surface area contributed by atoms with Crippen LogP contribution in [0.25, 0.3) is 0 Å². The molecule has 1 atom stereocenters. The highest BCUT2D eigenvalue weighted by atomic mass is 19.1. The van der Waals surface area contributed by atoms with Gasteiger partial charge in [-0.1, -0.05) is 42.5 Å². The molecule has 0 amide bonds. The topological polar surface area (TPSA) is 32.3 Å². The summed E-state index contributed by atoms with van der Waals surface area (Å²) in [6, 6.07) is 17.2. The fourth-order valence-corrected chi connectivity index (χ4v) is 2.99.